The van der Waals surface area contributed by atoms with E-state index in [0.717, 1.165) is 18.5 Å². The van der Waals surface area contributed by atoms with E-state index in [4.69, 9.17) is 0 Å². The van der Waals surface area contributed by atoms with E-state index in [1.54, 1.807) is 0 Å². The average molecular weight is 351 g/mol. The molecule has 3 rings (SSSR count). The molecule has 2 heterocycles. The quantitative estimate of drug-likeness (QED) is 0.783. The fourth-order valence-corrected chi connectivity index (χ4v) is 5.55. The Morgan fingerprint density at radius 1 is 1.22 bits per heavy atom. The van der Waals surface area contributed by atoms with Gasteiger partial charge >= 0.3 is 6.03 Å². The largest absolute Gasteiger partial charge is 0.354 e. The van der Waals surface area contributed by atoms with E-state index in [9.17, 15) is 9.59 Å². The zero-order chi connectivity index (χ0) is 16.1. The molecular formula is C16H21N3O2S2. The van der Waals surface area contributed by atoms with Gasteiger partial charge in [0.15, 0.2) is 0 Å². The van der Waals surface area contributed by atoms with Crippen LogP contribution in [0.5, 0.6) is 0 Å². The minimum Gasteiger partial charge on any atom is -0.354 e. The lowest BCUT2D eigenvalue weighted by Gasteiger charge is -2.16. The van der Waals surface area contributed by atoms with Gasteiger partial charge in [0, 0.05) is 23.7 Å². The highest BCUT2D eigenvalue weighted by Crippen LogP contribution is 2.45. The summed E-state index contributed by atoms with van der Waals surface area (Å²) < 4.78 is 0.451. The third-order valence-electron chi connectivity index (χ3n) is 3.88. The Hall–Kier alpha value is -1.34. The second-order valence-corrected chi connectivity index (χ2v) is 8.36. The Kier molecular flexibility index (Phi) is 5.72. The van der Waals surface area contributed by atoms with E-state index in [0.29, 0.717) is 17.5 Å². The second kappa shape index (κ2) is 7.97. The second-order valence-electron chi connectivity index (χ2n) is 5.64. The van der Waals surface area contributed by atoms with Gasteiger partial charge < -0.3 is 16.0 Å². The van der Waals surface area contributed by atoms with Crippen LogP contribution in [0.2, 0.25) is 0 Å². The molecule has 3 N–H and O–H groups in total. The molecule has 2 saturated heterocycles. The first-order valence-electron chi connectivity index (χ1n) is 7.91. The highest BCUT2D eigenvalue weighted by atomic mass is 32.2. The van der Waals surface area contributed by atoms with Crippen LogP contribution in [-0.4, -0.2) is 36.0 Å². The van der Waals surface area contributed by atoms with Crippen molar-refractivity contribution in [2.45, 2.75) is 29.9 Å². The summed E-state index contributed by atoms with van der Waals surface area (Å²) in [7, 11) is 0. The van der Waals surface area contributed by atoms with Crippen molar-refractivity contribution in [1.29, 1.82) is 0 Å². The summed E-state index contributed by atoms with van der Waals surface area (Å²) in [6.07, 6.45) is 2.59. The van der Waals surface area contributed by atoms with Crippen LogP contribution in [0.1, 0.15) is 29.4 Å². The summed E-state index contributed by atoms with van der Waals surface area (Å²) in [5.41, 5.74) is 1.99. The third kappa shape index (κ3) is 4.57. The first kappa shape index (κ1) is 16.5. The van der Waals surface area contributed by atoms with E-state index in [-0.39, 0.29) is 11.9 Å². The Labute approximate surface area is 144 Å². The molecule has 1 aromatic rings. The first-order valence-corrected chi connectivity index (χ1v) is 10.0. The summed E-state index contributed by atoms with van der Waals surface area (Å²) in [6, 6.07) is 7.18. The maximum Gasteiger partial charge on any atom is 0.319 e. The van der Waals surface area contributed by atoms with Gasteiger partial charge in [-0.05, 0) is 37.0 Å². The van der Waals surface area contributed by atoms with Crippen LogP contribution < -0.4 is 16.0 Å². The Bertz CT molecular complexity index is 576. The molecule has 2 fully saturated rings. The van der Waals surface area contributed by atoms with Crippen molar-refractivity contribution < 1.29 is 9.59 Å². The molecule has 0 aromatic heterocycles. The van der Waals surface area contributed by atoms with E-state index in [1.807, 2.05) is 41.7 Å². The van der Waals surface area contributed by atoms with Crippen molar-refractivity contribution in [1.82, 2.24) is 10.6 Å². The third-order valence-corrected chi connectivity index (χ3v) is 6.98. The first-order chi connectivity index (χ1) is 11.2. The molecule has 2 aliphatic heterocycles. The number of benzene rings is 1. The topological polar surface area (TPSA) is 70.2 Å². The number of thioether (sulfide) groups is 2. The molecule has 1 aromatic carbocycles. The van der Waals surface area contributed by atoms with Crippen molar-refractivity contribution in [3.8, 4) is 0 Å². The number of amides is 3. The van der Waals surface area contributed by atoms with Gasteiger partial charge in [0.25, 0.3) is 0 Å². The van der Waals surface area contributed by atoms with Crippen LogP contribution in [0.4, 0.5) is 10.5 Å². The number of carbonyl (C=O) groups is 2. The Morgan fingerprint density at radius 2 is 2.04 bits per heavy atom. The highest BCUT2D eigenvalue weighted by molar-refractivity contribution is 8.19. The maximum absolute atomic E-state index is 12.2. The molecule has 1 atom stereocenters. The molecule has 124 valence electrons. The Balaban J connectivity index is 1.58. The molecule has 5 nitrogen and oxygen atoms in total. The van der Waals surface area contributed by atoms with Gasteiger partial charge in [-0.1, -0.05) is 12.1 Å². The van der Waals surface area contributed by atoms with Crippen LogP contribution in [0.3, 0.4) is 0 Å². The van der Waals surface area contributed by atoms with Crippen molar-refractivity contribution in [3.05, 3.63) is 29.8 Å². The normalized spacial score (nSPS) is 22.3. The van der Waals surface area contributed by atoms with Crippen molar-refractivity contribution in [2.75, 3.05) is 23.4 Å². The number of nitrogens with one attached hydrogen (secondary N) is 3. The van der Waals surface area contributed by atoms with Gasteiger partial charge in [-0.3, -0.25) is 4.79 Å². The van der Waals surface area contributed by atoms with Crippen LogP contribution >= 0.6 is 23.5 Å². The van der Waals surface area contributed by atoms with Crippen molar-refractivity contribution in [2.24, 2.45) is 0 Å². The van der Waals surface area contributed by atoms with Gasteiger partial charge in [0.05, 0.1) is 4.58 Å². The zero-order valence-corrected chi connectivity index (χ0v) is 14.5. The summed E-state index contributed by atoms with van der Waals surface area (Å²) in [5, 5.41) is 8.44. The molecule has 1 unspecified atom stereocenters. The smallest absolute Gasteiger partial charge is 0.319 e. The molecule has 0 radical (unpaired) electrons. The Morgan fingerprint density at radius 3 is 2.87 bits per heavy atom. The van der Waals surface area contributed by atoms with Gasteiger partial charge in [0.1, 0.15) is 6.04 Å². The number of hydrogen-bond acceptors (Lipinski definition) is 4. The molecule has 0 saturated carbocycles. The van der Waals surface area contributed by atoms with Crippen LogP contribution in [-0.2, 0) is 4.79 Å². The summed E-state index contributed by atoms with van der Waals surface area (Å²) in [5.74, 6) is 2.25. The lowest BCUT2D eigenvalue weighted by atomic mass is 10.1. The molecule has 3 amide bonds. The fraction of sp³-hybridized carbons (Fsp3) is 0.500. The zero-order valence-electron chi connectivity index (χ0n) is 12.8. The minimum atomic E-state index is -0.443. The number of urea groups is 1. The predicted octanol–water partition coefficient (Wildman–Crippen LogP) is 2.96. The molecule has 2 aliphatic rings. The van der Waals surface area contributed by atoms with Gasteiger partial charge in [-0.15, -0.1) is 23.5 Å². The van der Waals surface area contributed by atoms with E-state index in [2.05, 4.69) is 22.0 Å². The van der Waals surface area contributed by atoms with E-state index < -0.39 is 6.04 Å². The molecule has 7 heteroatoms. The maximum atomic E-state index is 12.2. The summed E-state index contributed by atoms with van der Waals surface area (Å²) >= 11 is 3.87. The summed E-state index contributed by atoms with van der Waals surface area (Å²) in [6.45, 7) is 0.692. The number of anilines is 1. The van der Waals surface area contributed by atoms with Gasteiger partial charge in [0.2, 0.25) is 5.91 Å². The SMILES string of the molecule is O=C(Nc1cccc(C2SCCS2)c1)NC1CCCCNC1=O. The lowest BCUT2D eigenvalue weighted by molar-refractivity contribution is -0.122. The number of rotatable bonds is 3. The summed E-state index contributed by atoms with van der Waals surface area (Å²) in [4.78, 5) is 24.0. The molecule has 0 bridgehead atoms. The molecule has 0 spiro atoms. The fourth-order valence-electron chi connectivity index (χ4n) is 2.72. The molecular weight excluding hydrogens is 330 g/mol. The van der Waals surface area contributed by atoms with Crippen molar-refractivity contribution >= 4 is 41.1 Å². The van der Waals surface area contributed by atoms with Crippen molar-refractivity contribution in [3.63, 3.8) is 0 Å². The standard InChI is InChI=1S/C16H21N3O2S2/c20-14-13(6-1-2-7-17-14)19-16(21)18-12-5-3-4-11(10-12)15-22-8-9-23-15/h3-5,10,13,15H,1-2,6-9H2,(H,17,20)(H2,18,19,21). The number of carbonyl (C=O) groups excluding carboxylic acids is 2. The lowest BCUT2D eigenvalue weighted by Crippen LogP contribution is -2.47. The average Bonchev–Trinajstić information content (AvgIpc) is 3.01. The van der Waals surface area contributed by atoms with Crippen LogP contribution in [0.25, 0.3) is 0 Å². The highest BCUT2D eigenvalue weighted by Gasteiger charge is 2.22. The monoisotopic (exact) mass is 351 g/mol. The van der Waals surface area contributed by atoms with Gasteiger partial charge in [-0.25, -0.2) is 4.79 Å². The van der Waals surface area contributed by atoms with Gasteiger partial charge in [-0.2, -0.15) is 0 Å². The van der Waals surface area contributed by atoms with E-state index in [1.165, 1.54) is 17.1 Å². The number of hydrogen-bond donors (Lipinski definition) is 3. The van der Waals surface area contributed by atoms with E-state index >= 15 is 0 Å². The van der Waals surface area contributed by atoms with Crippen LogP contribution in [0, 0.1) is 0 Å². The molecule has 0 aliphatic carbocycles. The molecule has 23 heavy (non-hydrogen) atoms. The predicted molar refractivity (Wildman–Crippen MR) is 96.9 cm³/mol. The van der Waals surface area contributed by atoms with Crippen LogP contribution in [0.15, 0.2) is 24.3 Å². The minimum absolute atomic E-state index is 0.0924.